The lowest BCUT2D eigenvalue weighted by atomic mass is 9.89. The average molecular weight is 586 g/mol. The second-order valence-electron chi connectivity index (χ2n) is 9.98. The Morgan fingerprint density at radius 3 is 2.36 bits per heavy atom. The van der Waals surface area contributed by atoms with Gasteiger partial charge < -0.3 is 20.9 Å². The third kappa shape index (κ3) is 6.46. The Hall–Kier alpha value is -2.92. The van der Waals surface area contributed by atoms with Gasteiger partial charge in [0.2, 0.25) is 5.60 Å². The van der Waals surface area contributed by atoms with Crippen LogP contribution in [0.3, 0.4) is 0 Å². The highest BCUT2D eigenvalue weighted by molar-refractivity contribution is 6.32. The van der Waals surface area contributed by atoms with Crippen LogP contribution in [0.4, 0.5) is 17.6 Å². The number of alkyl halides is 3. The summed E-state index contributed by atoms with van der Waals surface area (Å²) in [5, 5.41) is 13.0. The average Bonchev–Trinajstić information content (AvgIpc) is 3.68. The van der Waals surface area contributed by atoms with E-state index in [4.69, 9.17) is 33.7 Å². The molecule has 1 unspecified atom stereocenters. The zero-order chi connectivity index (χ0) is 28.8. The molecule has 3 aromatic rings. The lowest BCUT2D eigenvalue weighted by Crippen LogP contribution is -2.51. The molecule has 39 heavy (non-hydrogen) atoms. The molecule has 0 bridgehead atoms. The van der Waals surface area contributed by atoms with E-state index in [0.717, 1.165) is 25.0 Å². The van der Waals surface area contributed by atoms with E-state index in [1.54, 1.807) is 13.8 Å². The van der Waals surface area contributed by atoms with Gasteiger partial charge in [-0.2, -0.15) is 13.2 Å². The number of halogens is 6. The minimum atomic E-state index is -5.26. The van der Waals surface area contributed by atoms with Crippen molar-refractivity contribution in [2.75, 3.05) is 6.54 Å². The van der Waals surface area contributed by atoms with Crippen molar-refractivity contribution < 1.29 is 32.2 Å². The number of aromatic nitrogens is 1. The van der Waals surface area contributed by atoms with Crippen LogP contribution in [-0.2, 0) is 11.1 Å². The summed E-state index contributed by atoms with van der Waals surface area (Å²) in [7, 11) is 0. The van der Waals surface area contributed by atoms with E-state index in [1.807, 2.05) is 0 Å². The van der Waals surface area contributed by atoms with Crippen molar-refractivity contribution in [3.05, 3.63) is 81.2 Å². The number of nitrogens with zero attached hydrogens (tertiary/aromatic N) is 1. The highest BCUT2D eigenvalue weighted by Crippen LogP contribution is 2.40. The molecule has 1 heterocycles. The van der Waals surface area contributed by atoms with E-state index in [0.29, 0.717) is 5.75 Å². The second-order valence-corrected chi connectivity index (χ2v) is 10.8. The highest BCUT2D eigenvalue weighted by Gasteiger charge is 2.56. The van der Waals surface area contributed by atoms with Crippen LogP contribution >= 0.6 is 23.2 Å². The van der Waals surface area contributed by atoms with Crippen LogP contribution in [-0.4, -0.2) is 34.8 Å². The Kier molecular flexibility index (Phi) is 7.88. The van der Waals surface area contributed by atoms with Crippen LogP contribution in [0.2, 0.25) is 10.0 Å². The number of benzene rings is 2. The van der Waals surface area contributed by atoms with Crippen molar-refractivity contribution in [3.63, 3.8) is 0 Å². The Labute approximate surface area is 232 Å². The molecule has 1 saturated carbocycles. The molecule has 4 rings (SSSR count). The SMILES string of the molecule is CC(C)(N)c1cc(-c2ccc(F)c(Cl)c2)nc(C(O)(CNC(=O)c2ccc(OC3CC3)c(Cl)c2)C(F)(F)F)c1. The second kappa shape index (κ2) is 10.6. The molecule has 1 aromatic heterocycles. The predicted molar refractivity (Wildman–Crippen MR) is 139 cm³/mol. The lowest BCUT2D eigenvalue weighted by Gasteiger charge is -2.32. The summed E-state index contributed by atoms with van der Waals surface area (Å²) in [6, 6.07) is 10.1. The molecule has 1 atom stereocenters. The number of hydrogen-bond donors (Lipinski definition) is 3. The fourth-order valence-corrected chi connectivity index (χ4v) is 4.07. The molecular formula is C27H25Cl2F4N3O3. The van der Waals surface area contributed by atoms with E-state index in [9.17, 15) is 27.5 Å². The summed E-state index contributed by atoms with van der Waals surface area (Å²) < 4.78 is 62.5. The molecular weight excluding hydrogens is 561 g/mol. The molecule has 6 nitrogen and oxygen atoms in total. The maximum absolute atomic E-state index is 14.4. The van der Waals surface area contributed by atoms with Crippen LogP contribution in [0, 0.1) is 5.82 Å². The van der Waals surface area contributed by atoms with E-state index in [1.165, 1.54) is 36.4 Å². The van der Waals surface area contributed by atoms with Gasteiger partial charge in [0.1, 0.15) is 11.6 Å². The van der Waals surface area contributed by atoms with E-state index in [-0.39, 0.29) is 38.5 Å². The number of aliphatic hydroxyl groups is 1. The minimum absolute atomic E-state index is 0.0286. The van der Waals surface area contributed by atoms with Gasteiger partial charge in [-0.15, -0.1) is 0 Å². The number of carbonyl (C=O) groups excluding carboxylic acids is 1. The molecule has 0 radical (unpaired) electrons. The number of amides is 1. The molecule has 1 aliphatic carbocycles. The summed E-state index contributed by atoms with van der Waals surface area (Å²) >= 11 is 12.0. The Morgan fingerprint density at radius 1 is 1.10 bits per heavy atom. The molecule has 0 spiro atoms. The fourth-order valence-electron chi connectivity index (χ4n) is 3.67. The van der Waals surface area contributed by atoms with Gasteiger partial charge in [0.15, 0.2) is 0 Å². The number of pyridine rings is 1. The van der Waals surface area contributed by atoms with Crippen molar-refractivity contribution in [2.24, 2.45) is 5.73 Å². The van der Waals surface area contributed by atoms with Crippen molar-refractivity contribution in [2.45, 2.75) is 50.1 Å². The van der Waals surface area contributed by atoms with E-state index in [2.05, 4.69) is 10.3 Å². The first-order valence-corrected chi connectivity index (χ1v) is 12.6. The standard InChI is InChI=1S/C27H25Cl2F4N3O3/c1-25(2,34)16-11-21(14-3-7-20(30)18(28)9-14)36-23(12-16)26(38,27(31,32)33)13-35-24(37)15-4-8-22(19(29)10-15)39-17-5-6-17/h3-4,7-12,17,38H,5-6,13,34H2,1-2H3,(H,35,37). The molecule has 2 aromatic carbocycles. The zero-order valence-electron chi connectivity index (χ0n) is 20.9. The summed E-state index contributed by atoms with van der Waals surface area (Å²) in [6.45, 7) is 1.85. The van der Waals surface area contributed by atoms with Gasteiger partial charge in [-0.25, -0.2) is 9.37 Å². The topological polar surface area (TPSA) is 97.5 Å². The zero-order valence-corrected chi connectivity index (χ0v) is 22.4. The maximum Gasteiger partial charge on any atom is 0.424 e. The molecule has 208 valence electrons. The van der Waals surface area contributed by atoms with Crippen LogP contribution < -0.4 is 15.8 Å². The Bertz CT molecular complexity index is 1410. The van der Waals surface area contributed by atoms with Crippen molar-refractivity contribution >= 4 is 29.1 Å². The Morgan fingerprint density at radius 2 is 1.79 bits per heavy atom. The number of ether oxygens (including phenoxy) is 1. The maximum atomic E-state index is 14.4. The number of nitrogens with two attached hydrogens (primary N) is 1. The number of rotatable bonds is 8. The largest absolute Gasteiger partial charge is 0.489 e. The van der Waals surface area contributed by atoms with Gasteiger partial charge in [0.25, 0.3) is 5.91 Å². The van der Waals surface area contributed by atoms with Gasteiger partial charge in [0.05, 0.1) is 34.1 Å². The van der Waals surface area contributed by atoms with Gasteiger partial charge in [-0.05, 0) is 80.8 Å². The monoisotopic (exact) mass is 585 g/mol. The summed E-state index contributed by atoms with van der Waals surface area (Å²) in [5.41, 5.74) is 0.943. The predicted octanol–water partition coefficient (Wildman–Crippen LogP) is 6.11. The number of nitrogens with one attached hydrogen (secondary N) is 1. The molecule has 0 saturated heterocycles. The van der Waals surface area contributed by atoms with Crippen LogP contribution in [0.1, 0.15) is 48.3 Å². The molecule has 1 aliphatic rings. The van der Waals surface area contributed by atoms with Gasteiger partial charge >= 0.3 is 6.18 Å². The van der Waals surface area contributed by atoms with Gasteiger partial charge in [-0.3, -0.25) is 4.79 Å². The first-order valence-electron chi connectivity index (χ1n) is 11.9. The van der Waals surface area contributed by atoms with Gasteiger partial charge in [-0.1, -0.05) is 23.2 Å². The normalized spacial score (nSPS) is 15.5. The molecule has 0 aliphatic heterocycles. The van der Waals surface area contributed by atoms with E-state index >= 15 is 0 Å². The fraction of sp³-hybridized carbons (Fsp3) is 0.333. The van der Waals surface area contributed by atoms with Crippen molar-refractivity contribution in [1.29, 1.82) is 0 Å². The third-order valence-corrected chi connectivity index (χ3v) is 6.78. The third-order valence-electron chi connectivity index (χ3n) is 6.19. The van der Waals surface area contributed by atoms with Gasteiger partial charge in [0, 0.05) is 16.7 Å². The smallest absolute Gasteiger partial charge is 0.424 e. The summed E-state index contributed by atoms with van der Waals surface area (Å²) in [6.07, 6.45) is -3.43. The summed E-state index contributed by atoms with van der Waals surface area (Å²) in [4.78, 5) is 16.8. The van der Waals surface area contributed by atoms with Crippen LogP contribution in [0.25, 0.3) is 11.3 Å². The number of hydrogen-bond acceptors (Lipinski definition) is 5. The van der Waals surface area contributed by atoms with Crippen LogP contribution in [0.5, 0.6) is 5.75 Å². The quantitative estimate of drug-likeness (QED) is 0.277. The Balaban J connectivity index is 1.69. The first kappa shape index (κ1) is 29.1. The number of carbonyl (C=O) groups is 1. The highest BCUT2D eigenvalue weighted by atomic mass is 35.5. The van der Waals surface area contributed by atoms with E-state index < -0.39 is 41.3 Å². The molecule has 4 N–H and O–H groups in total. The lowest BCUT2D eigenvalue weighted by molar-refractivity contribution is -0.265. The minimum Gasteiger partial charge on any atom is -0.489 e. The summed E-state index contributed by atoms with van der Waals surface area (Å²) in [5.74, 6) is -1.27. The molecule has 12 heteroatoms. The molecule has 1 amide bonds. The van der Waals surface area contributed by atoms with Crippen molar-refractivity contribution in [1.82, 2.24) is 10.3 Å². The van der Waals surface area contributed by atoms with Crippen molar-refractivity contribution in [3.8, 4) is 17.0 Å². The first-order chi connectivity index (χ1) is 18.1. The molecule has 1 fully saturated rings. The van der Waals surface area contributed by atoms with Crippen LogP contribution in [0.15, 0.2) is 48.5 Å².